The van der Waals surface area contributed by atoms with Gasteiger partial charge in [-0.15, -0.1) is 0 Å². The Morgan fingerprint density at radius 3 is 2.28 bits per heavy atom. The van der Waals surface area contributed by atoms with Crippen LogP contribution in [0.4, 0.5) is 0 Å². The number of esters is 2. The quantitative estimate of drug-likeness (QED) is 0.362. The van der Waals surface area contributed by atoms with E-state index in [0.717, 1.165) is 11.1 Å². The van der Waals surface area contributed by atoms with Crippen LogP contribution in [0, 0.1) is 5.92 Å². The number of Topliss-reactive ketones (excluding diaryl/α,β-unsaturated/α-hetero) is 1. The molecule has 0 saturated carbocycles. The van der Waals surface area contributed by atoms with E-state index in [1.165, 1.54) is 0 Å². The zero-order valence-corrected chi connectivity index (χ0v) is 23.0. The number of hydrogen-bond donors (Lipinski definition) is 1. The topological polar surface area (TPSA) is 100 Å². The van der Waals surface area contributed by atoms with Gasteiger partial charge in [-0.1, -0.05) is 24.3 Å². The van der Waals surface area contributed by atoms with E-state index < -0.39 is 29.7 Å². The van der Waals surface area contributed by atoms with Crippen molar-refractivity contribution >= 4 is 17.7 Å². The summed E-state index contributed by atoms with van der Waals surface area (Å²) in [6, 6.07) is 14.7. The molecular weight excluding hydrogens is 498 g/mol. The minimum Gasteiger partial charge on any atom is -0.497 e. The van der Waals surface area contributed by atoms with Gasteiger partial charge in [-0.05, 0) is 69.5 Å². The Labute approximate surface area is 229 Å². The normalized spacial score (nSPS) is 20.6. The first-order valence-corrected chi connectivity index (χ1v) is 13.3. The molecule has 1 N–H and O–H groups in total. The van der Waals surface area contributed by atoms with Crippen molar-refractivity contribution in [1.82, 2.24) is 5.32 Å². The van der Waals surface area contributed by atoms with E-state index in [2.05, 4.69) is 5.32 Å². The van der Waals surface area contributed by atoms with Crippen LogP contribution in [0.2, 0.25) is 0 Å². The lowest BCUT2D eigenvalue weighted by atomic mass is 9.67. The highest BCUT2D eigenvalue weighted by Crippen LogP contribution is 2.48. The maximum absolute atomic E-state index is 14.4. The van der Waals surface area contributed by atoms with Crippen molar-refractivity contribution in [3.8, 4) is 11.5 Å². The number of ether oxygens (including phenoxy) is 4. The minimum absolute atomic E-state index is 0.146. The predicted octanol–water partition coefficient (Wildman–Crippen LogP) is 4.81. The van der Waals surface area contributed by atoms with Gasteiger partial charge in [-0.3, -0.25) is 9.59 Å². The zero-order valence-electron chi connectivity index (χ0n) is 23.0. The summed E-state index contributed by atoms with van der Waals surface area (Å²) < 4.78 is 21.8. The van der Waals surface area contributed by atoms with Gasteiger partial charge in [0.25, 0.3) is 0 Å². The predicted molar refractivity (Wildman–Crippen MR) is 145 cm³/mol. The summed E-state index contributed by atoms with van der Waals surface area (Å²) in [5.74, 6) is -2.43. The standard InChI is InChI=1S/C31H35NO7/c1-6-37-21-14-12-19(13-15-21)26-25(30(34)38-7-2)18(4)32-24-17-23(20-10-9-11-22(16-20)36-5)27(29(33)28(24)26)31(35)39-8-3/h9-16,23,26-27,32H,6-8,17H2,1-5H3/t23-,26-,27-/m1/s1. The Kier molecular flexibility index (Phi) is 8.74. The van der Waals surface area contributed by atoms with E-state index in [-0.39, 0.29) is 19.0 Å². The molecule has 2 aromatic rings. The van der Waals surface area contributed by atoms with Crippen LogP contribution in [0.25, 0.3) is 0 Å². The number of nitrogens with one attached hydrogen (secondary N) is 1. The summed E-state index contributed by atoms with van der Waals surface area (Å²) in [5.41, 5.74) is 3.53. The van der Waals surface area contributed by atoms with Crippen molar-refractivity contribution in [3.63, 3.8) is 0 Å². The molecule has 4 rings (SSSR count). The maximum Gasteiger partial charge on any atom is 0.336 e. The Balaban J connectivity index is 1.88. The summed E-state index contributed by atoms with van der Waals surface area (Å²) in [6.07, 6.45) is 0.374. The number of rotatable bonds is 9. The summed E-state index contributed by atoms with van der Waals surface area (Å²) in [5, 5.41) is 3.32. The molecule has 2 aromatic carbocycles. The van der Waals surface area contributed by atoms with Crippen molar-refractivity contribution in [2.24, 2.45) is 5.92 Å². The van der Waals surface area contributed by atoms with Crippen molar-refractivity contribution in [3.05, 3.63) is 82.2 Å². The van der Waals surface area contributed by atoms with E-state index in [1.807, 2.05) is 55.5 Å². The molecule has 0 spiro atoms. The van der Waals surface area contributed by atoms with Crippen LogP contribution in [0.15, 0.2) is 71.1 Å². The lowest BCUT2D eigenvalue weighted by molar-refractivity contribution is -0.152. The van der Waals surface area contributed by atoms with Crippen molar-refractivity contribution < 1.29 is 33.3 Å². The van der Waals surface area contributed by atoms with E-state index >= 15 is 0 Å². The molecule has 1 heterocycles. The molecule has 0 saturated heterocycles. The van der Waals surface area contributed by atoms with Crippen LogP contribution in [0.3, 0.4) is 0 Å². The van der Waals surface area contributed by atoms with E-state index in [1.54, 1.807) is 27.9 Å². The first kappa shape index (κ1) is 28.0. The molecule has 1 aliphatic heterocycles. The fraction of sp³-hybridized carbons (Fsp3) is 0.387. The molecule has 0 radical (unpaired) electrons. The summed E-state index contributed by atoms with van der Waals surface area (Å²) in [4.78, 5) is 40.9. The number of carbonyl (C=O) groups is 3. The third kappa shape index (κ3) is 5.55. The average Bonchev–Trinajstić information content (AvgIpc) is 2.93. The monoisotopic (exact) mass is 533 g/mol. The van der Waals surface area contributed by atoms with Gasteiger partial charge < -0.3 is 24.3 Å². The number of benzene rings is 2. The van der Waals surface area contributed by atoms with Crippen LogP contribution in [0.5, 0.6) is 11.5 Å². The number of allylic oxidation sites excluding steroid dienone is 3. The number of methoxy groups -OCH3 is 1. The summed E-state index contributed by atoms with van der Waals surface area (Å²) >= 11 is 0. The molecule has 3 atom stereocenters. The second kappa shape index (κ2) is 12.2. The summed E-state index contributed by atoms with van der Waals surface area (Å²) in [7, 11) is 1.57. The Morgan fingerprint density at radius 2 is 1.64 bits per heavy atom. The number of carbonyl (C=O) groups excluding carboxylic acids is 3. The van der Waals surface area contributed by atoms with Crippen LogP contribution < -0.4 is 14.8 Å². The maximum atomic E-state index is 14.4. The first-order valence-electron chi connectivity index (χ1n) is 13.3. The third-order valence-corrected chi connectivity index (χ3v) is 7.10. The highest BCUT2D eigenvalue weighted by molar-refractivity contribution is 6.13. The van der Waals surface area contributed by atoms with Crippen molar-refractivity contribution in [1.29, 1.82) is 0 Å². The molecule has 1 aliphatic carbocycles. The van der Waals surface area contributed by atoms with Crippen LogP contribution in [-0.2, 0) is 23.9 Å². The van der Waals surface area contributed by atoms with Gasteiger partial charge in [-0.25, -0.2) is 4.79 Å². The van der Waals surface area contributed by atoms with Crippen LogP contribution >= 0.6 is 0 Å². The van der Waals surface area contributed by atoms with Gasteiger partial charge in [0.15, 0.2) is 5.78 Å². The highest BCUT2D eigenvalue weighted by atomic mass is 16.5. The Hall–Kier alpha value is -4.07. The average molecular weight is 534 g/mol. The van der Waals surface area contributed by atoms with Crippen molar-refractivity contribution in [2.75, 3.05) is 26.9 Å². The molecule has 2 aliphatic rings. The minimum atomic E-state index is -1.08. The van der Waals surface area contributed by atoms with Crippen LogP contribution in [0.1, 0.15) is 57.1 Å². The van der Waals surface area contributed by atoms with Gasteiger partial charge in [0.2, 0.25) is 0 Å². The molecule has 39 heavy (non-hydrogen) atoms. The second-order valence-corrected chi connectivity index (χ2v) is 9.39. The molecule has 0 amide bonds. The molecule has 0 aromatic heterocycles. The van der Waals surface area contributed by atoms with Gasteiger partial charge in [0, 0.05) is 28.8 Å². The Bertz CT molecular complexity index is 1310. The lowest BCUT2D eigenvalue weighted by Crippen LogP contribution is -2.43. The highest BCUT2D eigenvalue weighted by Gasteiger charge is 2.49. The smallest absolute Gasteiger partial charge is 0.336 e. The van der Waals surface area contributed by atoms with Gasteiger partial charge >= 0.3 is 11.9 Å². The number of dihydropyridines is 1. The molecule has 0 fully saturated rings. The molecular formula is C31H35NO7. The molecule has 8 nitrogen and oxygen atoms in total. The van der Waals surface area contributed by atoms with Gasteiger partial charge in [-0.2, -0.15) is 0 Å². The molecule has 206 valence electrons. The molecule has 0 unspecified atom stereocenters. The second-order valence-electron chi connectivity index (χ2n) is 9.39. The Morgan fingerprint density at radius 1 is 0.923 bits per heavy atom. The summed E-state index contributed by atoms with van der Waals surface area (Å²) in [6.45, 7) is 8.01. The zero-order chi connectivity index (χ0) is 28.1. The molecule has 0 bridgehead atoms. The van der Waals surface area contributed by atoms with Crippen LogP contribution in [-0.4, -0.2) is 44.7 Å². The largest absolute Gasteiger partial charge is 0.497 e. The van der Waals surface area contributed by atoms with E-state index in [0.29, 0.717) is 47.1 Å². The number of hydrogen-bond acceptors (Lipinski definition) is 8. The molecule has 8 heteroatoms. The SMILES string of the molecule is CCOC(=O)C1=C(C)NC2=C(C(=O)[C@H](C(=O)OCC)[C@@H](c3cccc(OC)c3)C2)[C@@H]1c1ccc(OCC)cc1. The lowest BCUT2D eigenvalue weighted by Gasteiger charge is -2.39. The fourth-order valence-electron chi connectivity index (χ4n) is 5.46. The van der Waals surface area contributed by atoms with Crippen molar-refractivity contribution in [2.45, 2.75) is 46.0 Å². The van der Waals surface area contributed by atoms with E-state index in [9.17, 15) is 14.4 Å². The number of ketones is 1. The van der Waals surface area contributed by atoms with E-state index in [4.69, 9.17) is 18.9 Å². The van der Waals surface area contributed by atoms with Gasteiger partial charge in [0.1, 0.15) is 17.4 Å². The fourth-order valence-corrected chi connectivity index (χ4v) is 5.46. The first-order chi connectivity index (χ1) is 18.8. The van der Waals surface area contributed by atoms with Gasteiger partial charge in [0.05, 0.1) is 32.5 Å². The third-order valence-electron chi connectivity index (χ3n) is 7.10.